The van der Waals surface area contributed by atoms with Crippen LogP contribution >= 0.6 is 0 Å². The van der Waals surface area contributed by atoms with E-state index in [-0.39, 0.29) is 0 Å². The van der Waals surface area contributed by atoms with Crippen molar-refractivity contribution in [2.24, 2.45) is 0 Å². The van der Waals surface area contributed by atoms with Gasteiger partial charge in [-0.2, -0.15) is 0 Å². The van der Waals surface area contributed by atoms with Crippen LogP contribution in [0.25, 0.3) is 144 Å². The van der Waals surface area contributed by atoms with Crippen LogP contribution < -0.4 is 0 Å². The molecule has 0 atom stereocenters. The van der Waals surface area contributed by atoms with Gasteiger partial charge in [0, 0.05) is 88.2 Å². The van der Waals surface area contributed by atoms with Crippen molar-refractivity contribution < 1.29 is 0 Å². The van der Waals surface area contributed by atoms with Gasteiger partial charge in [-0.1, -0.05) is 170 Å². The molecule has 5 heteroatoms. The fourth-order valence-electron chi connectivity index (χ4n) is 13.5. The number of fused-ring (bicyclic) bond motifs is 17. The van der Waals surface area contributed by atoms with Gasteiger partial charge in [0.05, 0.1) is 49.7 Å². The summed E-state index contributed by atoms with van der Waals surface area (Å²) in [5, 5.41) is 11.3. The standard InChI is InChI=1S/C72H47N5/c1-2-17-48(18-3-1)75-64-29-12-6-23-55(64)58-43-44-68-69(70(58)75)61-26-9-15-32-67(61)73(68)49-37-33-46(34-38-49)47-35-39-50(40-36-47)76-65-30-13-7-24-56(65)59-41-42-60-57-25-8-14-31-66(57)77(72(60)71(59)76)52-20-16-19-51(45-52)74-62-27-10-4-21-53(62)54-22-5-11-28-63(54)74/h1-10,12-27,29-45H,11,28H2. The Labute approximate surface area is 443 Å². The number of rotatable bonds is 6. The smallest absolute Gasteiger partial charge is 0.0788 e. The second-order valence-corrected chi connectivity index (χ2v) is 20.7. The molecule has 0 amide bonds. The highest BCUT2D eigenvalue weighted by Crippen LogP contribution is 2.45. The Morgan fingerprint density at radius 1 is 0.260 bits per heavy atom. The predicted molar refractivity (Wildman–Crippen MR) is 323 cm³/mol. The first-order chi connectivity index (χ1) is 38.2. The number of nitrogens with zero attached hydrogens (tertiary/aromatic N) is 5. The van der Waals surface area contributed by atoms with Gasteiger partial charge in [0.15, 0.2) is 0 Å². The zero-order valence-corrected chi connectivity index (χ0v) is 42.0. The molecule has 0 radical (unpaired) electrons. The van der Waals surface area contributed by atoms with Crippen LogP contribution in [0.5, 0.6) is 0 Å². The molecular weight excluding hydrogens is 935 g/mol. The van der Waals surface area contributed by atoms with Crippen LogP contribution in [0.1, 0.15) is 17.7 Å². The highest BCUT2D eigenvalue weighted by atomic mass is 15.1. The molecule has 1 aliphatic rings. The summed E-state index contributed by atoms with van der Waals surface area (Å²) in [5.74, 6) is 0. The molecule has 1 aliphatic carbocycles. The van der Waals surface area contributed by atoms with Crippen LogP contribution in [0.3, 0.4) is 0 Å². The second-order valence-electron chi connectivity index (χ2n) is 20.7. The van der Waals surface area contributed by atoms with Crippen molar-refractivity contribution in [3.05, 3.63) is 266 Å². The first-order valence-corrected chi connectivity index (χ1v) is 26.8. The maximum absolute atomic E-state index is 2.52. The Morgan fingerprint density at radius 2 is 0.675 bits per heavy atom. The van der Waals surface area contributed by atoms with Gasteiger partial charge in [0.2, 0.25) is 0 Å². The third kappa shape index (κ3) is 5.99. The van der Waals surface area contributed by atoms with Gasteiger partial charge in [-0.25, -0.2) is 0 Å². The van der Waals surface area contributed by atoms with Gasteiger partial charge in [-0.3, -0.25) is 0 Å². The molecule has 0 aliphatic heterocycles. The molecule has 0 saturated heterocycles. The first kappa shape index (κ1) is 42.3. The zero-order chi connectivity index (χ0) is 50.3. The number of hydrogen-bond acceptors (Lipinski definition) is 0. The van der Waals surface area contributed by atoms with Gasteiger partial charge >= 0.3 is 0 Å². The summed E-state index contributed by atoms with van der Waals surface area (Å²) in [6.45, 7) is 0. The molecule has 77 heavy (non-hydrogen) atoms. The largest absolute Gasteiger partial charge is 0.313 e. The Kier molecular flexibility index (Phi) is 8.89. The highest BCUT2D eigenvalue weighted by molar-refractivity contribution is 6.27. The summed E-state index contributed by atoms with van der Waals surface area (Å²) in [4.78, 5) is 0. The Bertz CT molecular complexity index is 5130. The van der Waals surface area contributed by atoms with Crippen LogP contribution in [0.15, 0.2) is 255 Å². The predicted octanol–water partition coefficient (Wildman–Crippen LogP) is 18.6. The lowest BCUT2D eigenvalue weighted by molar-refractivity contribution is 0.888. The van der Waals surface area contributed by atoms with Crippen LogP contribution in [0.4, 0.5) is 0 Å². The molecule has 5 nitrogen and oxygen atoms in total. The number of benzene rings is 11. The molecule has 0 spiro atoms. The topological polar surface area (TPSA) is 24.6 Å². The lowest BCUT2D eigenvalue weighted by Gasteiger charge is -2.16. The summed E-state index contributed by atoms with van der Waals surface area (Å²) in [6.07, 6.45) is 6.70. The van der Waals surface area contributed by atoms with Crippen molar-refractivity contribution in [3.63, 3.8) is 0 Å². The van der Waals surface area contributed by atoms with E-state index in [2.05, 4.69) is 284 Å². The maximum Gasteiger partial charge on any atom is 0.0788 e. The number of hydrogen-bond donors (Lipinski definition) is 0. The Balaban J connectivity index is 0.806. The molecule has 0 fully saturated rings. The van der Waals surface area contributed by atoms with Crippen molar-refractivity contribution in [1.29, 1.82) is 0 Å². The van der Waals surface area contributed by atoms with E-state index in [1.165, 1.54) is 126 Å². The average Bonchev–Trinajstić information content (AvgIpc) is 4.48. The minimum absolute atomic E-state index is 1.01. The molecule has 16 aromatic rings. The van der Waals surface area contributed by atoms with Crippen molar-refractivity contribution in [2.45, 2.75) is 12.8 Å². The third-order valence-corrected chi connectivity index (χ3v) is 16.7. The lowest BCUT2D eigenvalue weighted by atomic mass is 10.0. The van der Waals surface area contributed by atoms with E-state index in [1.54, 1.807) is 0 Å². The van der Waals surface area contributed by atoms with Crippen LogP contribution in [0, 0.1) is 0 Å². The molecule has 360 valence electrons. The third-order valence-electron chi connectivity index (χ3n) is 16.7. The SMILES string of the molecule is C1=Cc2c(n(-c3cccc(-n4c5ccccc5c5ccc6c7ccccc7n(-c7ccc(-c8ccc(-n9c%10ccccc%10c%10c9ccc9c%11ccccc%11n(-c%11ccccc%11)c9%10)cc8)cc7)c6c54)c3)c3ccccc23)CC1. The average molecular weight is 982 g/mol. The minimum atomic E-state index is 1.01. The molecule has 5 aromatic heterocycles. The molecule has 0 N–H and O–H groups in total. The summed E-state index contributed by atoms with van der Waals surface area (Å²) < 4.78 is 12.4. The van der Waals surface area contributed by atoms with E-state index in [4.69, 9.17) is 0 Å². The van der Waals surface area contributed by atoms with Crippen LogP contribution in [-0.4, -0.2) is 22.8 Å². The Morgan fingerprint density at radius 3 is 1.27 bits per heavy atom. The molecular formula is C72H47N5. The second kappa shape index (κ2) is 16.2. The highest BCUT2D eigenvalue weighted by Gasteiger charge is 2.25. The maximum atomic E-state index is 2.52. The van der Waals surface area contributed by atoms with E-state index in [1.807, 2.05) is 0 Å². The quantitative estimate of drug-likeness (QED) is 0.159. The summed E-state index contributed by atoms with van der Waals surface area (Å²) >= 11 is 0. The summed E-state index contributed by atoms with van der Waals surface area (Å²) in [6, 6.07) is 92.0. The normalized spacial score (nSPS) is 12.8. The number of allylic oxidation sites excluding steroid dienone is 1. The number of aromatic nitrogens is 5. The summed E-state index contributed by atoms with van der Waals surface area (Å²) in [7, 11) is 0. The first-order valence-electron chi connectivity index (χ1n) is 26.8. The van der Waals surface area contributed by atoms with Crippen molar-refractivity contribution in [1.82, 2.24) is 22.8 Å². The molecule has 0 saturated carbocycles. The fourth-order valence-corrected chi connectivity index (χ4v) is 13.5. The minimum Gasteiger partial charge on any atom is -0.313 e. The molecule has 5 heterocycles. The van der Waals surface area contributed by atoms with E-state index in [0.717, 1.165) is 35.6 Å². The van der Waals surface area contributed by atoms with Crippen molar-refractivity contribution in [3.8, 4) is 39.6 Å². The van der Waals surface area contributed by atoms with E-state index in [0.29, 0.717) is 0 Å². The molecule has 11 aromatic carbocycles. The number of para-hydroxylation sites is 6. The Hall–Kier alpha value is -10.1. The van der Waals surface area contributed by atoms with Gasteiger partial charge < -0.3 is 22.8 Å². The van der Waals surface area contributed by atoms with E-state index >= 15 is 0 Å². The fraction of sp³-hybridized carbons (Fsp3) is 0.0278. The molecule has 0 bridgehead atoms. The van der Waals surface area contributed by atoms with Crippen LogP contribution in [-0.2, 0) is 6.42 Å². The zero-order valence-electron chi connectivity index (χ0n) is 42.0. The van der Waals surface area contributed by atoms with Gasteiger partial charge in [-0.15, -0.1) is 0 Å². The van der Waals surface area contributed by atoms with Gasteiger partial charge in [0.25, 0.3) is 0 Å². The lowest BCUT2D eigenvalue weighted by Crippen LogP contribution is -2.04. The van der Waals surface area contributed by atoms with Crippen molar-refractivity contribution in [2.75, 3.05) is 0 Å². The van der Waals surface area contributed by atoms with E-state index in [9.17, 15) is 0 Å². The van der Waals surface area contributed by atoms with Gasteiger partial charge in [-0.05, 0) is 115 Å². The van der Waals surface area contributed by atoms with Gasteiger partial charge in [0.1, 0.15) is 0 Å². The van der Waals surface area contributed by atoms with Crippen molar-refractivity contribution >= 4 is 104 Å². The molecule has 17 rings (SSSR count). The molecule has 0 unspecified atom stereocenters. The van der Waals surface area contributed by atoms with E-state index < -0.39 is 0 Å². The monoisotopic (exact) mass is 981 g/mol. The van der Waals surface area contributed by atoms with Crippen LogP contribution in [0.2, 0.25) is 0 Å². The summed E-state index contributed by atoms with van der Waals surface area (Å²) in [5.41, 5.74) is 21.6.